The molecule has 1 unspecified atom stereocenters. The van der Waals surface area contributed by atoms with E-state index >= 15 is 0 Å². The summed E-state index contributed by atoms with van der Waals surface area (Å²) in [5, 5.41) is 15.2. The van der Waals surface area contributed by atoms with Crippen molar-refractivity contribution in [2.45, 2.75) is 75.8 Å². The molecule has 0 aromatic carbocycles. The number of aliphatic hydroxyl groups is 4. The lowest BCUT2D eigenvalue weighted by atomic mass is 9.99. The molecule has 0 spiro atoms. The quantitative estimate of drug-likeness (QED) is 0.386. The Morgan fingerprint density at radius 2 is 1.85 bits per heavy atom. The molecule has 20 heavy (non-hydrogen) atoms. The average Bonchev–Trinajstić information content (AvgIpc) is 2.89. The van der Waals surface area contributed by atoms with Crippen LogP contribution in [0.2, 0.25) is 0 Å². The molecule has 120 valence electrons. The van der Waals surface area contributed by atoms with Crippen LogP contribution in [0.1, 0.15) is 72.6 Å². The van der Waals surface area contributed by atoms with E-state index in [0.717, 1.165) is 6.92 Å². The largest absolute Gasteiger partial charge is 0.394 e. The zero-order valence-corrected chi connectivity index (χ0v) is 10.0. The van der Waals surface area contributed by atoms with E-state index in [1.807, 2.05) is 0 Å². The minimum absolute atomic E-state index is 0.750. The van der Waals surface area contributed by atoms with Gasteiger partial charge in [0.2, 0.25) is 5.72 Å². The van der Waals surface area contributed by atoms with Gasteiger partial charge in [0.1, 0.15) is 24.3 Å². The Labute approximate surface area is 154 Å². The Balaban J connectivity index is 4.07. The van der Waals surface area contributed by atoms with E-state index in [0.29, 0.717) is 0 Å². The van der Waals surface area contributed by atoms with Crippen molar-refractivity contribution >= 4 is 0 Å². The van der Waals surface area contributed by atoms with Gasteiger partial charge in [-0.3, -0.25) is 0 Å². The third kappa shape index (κ3) is 5.27. The Bertz CT molecular complexity index is 1050. The van der Waals surface area contributed by atoms with Crippen LogP contribution in [-0.4, -0.2) is 69.9 Å². The van der Waals surface area contributed by atoms with Crippen LogP contribution in [0.25, 0.3) is 0 Å². The summed E-state index contributed by atoms with van der Waals surface area (Å²) < 4.78 is 198. The molecule has 6 nitrogen and oxygen atoms in total. The first-order valence-electron chi connectivity index (χ1n) is 16.7. The highest BCUT2D eigenvalue weighted by Gasteiger charge is 2.43. The Kier molecular flexibility index (Phi) is 1.75. The molecule has 0 aromatic heterocycles. The van der Waals surface area contributed by atoms with Crippen LogP contribution in [0.15, 0.2) is 0 Å². The van der Waals surface area contributed by atoms with Crippen molar-refractivity contribution in [1.82, 2.24) is 0 Å². The summed E-state index contributed by atoms with van der Waals surface area (Å²) in [4.78, 5) is 0. The maximum atomic E-state index is 8.42. The summed E-state index contributed by atoms with van der Waals surface area (Å²) >= 11 is 0. The van der Waals surface area contributed by atoms with Crippen molar-refractivity contribution in [1.29, 1.82) is 5.72 Å². The normalized spacial score (nSPS) is 76.7. The van der Waals surface area contributed by atoms with Crippen LogP contribution in [0.3, 0.4) is 0 Å². The van der Waals surface area contributed by atoms with E-state index in [1.54, 1.807) is 0 Å². The number of hydrogen-bond donors (Lipinski definition) is 4. The lowest BCUT2D eigenvalue weighted by Gasteiger charge is -2.39. The second kappa shape index (κ2) is 9.65. The van der Waals surface area contributed by atoms with Gasteiger partial charge in [0.05, 0.1) is 18.9 Å². The minimum atomic E-state index is -4.73. The van der Waals surface area contributed by atoms with Gasteiger partial charge in [-0.1, -0.05) is 38.8 Å². The summed E-state index contributed by atoms with van der Waals surface area (Å²) in [5.74, 6) is 0. The first-order chi connectivity index (χ1) is 19.1. The standard InChI is InChI=1S/C14H28O6/c1-2-3-4-5-6-7-8-19-14-13(18)12(17)11(16)10(9-15)20-14/h10-18H,2-9H2,1H3/t10-,11-,12+,13-,14-/m1/s1/i2D,3D2,4D2,5D2,6D2,7D2,8D2,9D2,10D,11D,12D,13D,14D,15D,16D,17D,18D/t2?,10-,11-,12+,13-,14-. The van der Waals surface area contributed by atoms with Gasteiger partial charge in [0.15, 0.2) is 6.27 Å². The second-order valence-electron chi connectivity index (χ2n) is 2.95. The molecule has 1 aliphatic heterocycles. The summed E-state index contributed by atoms with van der Waals surface area (Å²) in [5.41, 5.74) is 0. The van der Waals surface area contributed by atoms with Gasteiger partial charge in [0.25, 0.3) is 0 Å². The SMILES string of the molecule is [2H]OC([2H])([2H])[C@@]1([2H])O[C@@]([2H])(OC([2H])([2H])C([2H])([2H])C([2H])([2H])C([2H])([2H])C([2H])([2H])C([2H])([2H])C([2H])C)[C@]([2H])(O[2H])[C@@]([2H])(O[2H])[C@]1([2H])O[2H]. The molecule has 0 radical (unpaired) electrons. The molecule has 1 heterocycles. The molecular weight excluding hydrogens is 264 g/mol. The fraction of sp³-hybridized carbons (Fsp3) is 1.00. The Morgan fingerprint density at radius 3 is 2.55 bits per heavy atom. The van der Waals surface area contributed by atoms with Crippen LogP contribution in [-0.2, 0) is 9.47 Å². The van der Waals surface area contributed by atoms with Crippen molar-refractivity contribution < 1.29 is 57.3 Å². The molecule has 1 fully saturated rings. The van der Waals surface area contributed by atoms with Gasteiger partial charge in [-0.15, -0.1) is 0 Å². The highest BCUT2D eigenvalue weighted by molar-refractivity contribution is 4.88. The summed E-state index contributed by atoms with van der Waals surface area (Å²) in [6.07, 6.45) is -46.0. The zero-order chi connectivity index (χ0) is 35.8. The molecule has 0 saturated carbocycles. The first kappa shape index (κ1) is 3.63. The maximum Gasteiger partial charge on any atom is 0.211 e. The smallest absolute Gasteiger partial charge is 0.211 e. The van der Waals surface area contributed by atoms with E-state index in [-0.39, 0.29) is 0 Å². The number of rotatable bonds is 13. The van der Waals surface area contributed by atoms with Crippen molar-refractivity contribution in [2.75, 3.05) is 13.1 Å². The van der Waals surface area contributed by atoms with Gasteiger partial charge in [-0.25, -0.2) is 0 Å². The third-order valence-corrected chi connectivity index (χ3v) is 1.69. The molecule has 0 bridgehead atoms. The summed E-state index contributed by atoms with van der Waals surface area (Å²) in [6.45, 7) is -8.18. The molecule has 1 rings (SSSR count). The second-order valence-corrected chi connectivity index (χ2v) is 2.95. The molecule has 0 aromatic rings. The van der Waals surface area contributed by atoms with Crippen molar-refractivity contribution in [3.8, 4) is 0 Å². The van der Waals surface area contributed by atoms with Crippen LogP contribution in [0.4, 0.5) is 0 Å². The average molecular weight is 317 g/mol. The number of ether oxygens (including phenoxy) is 2. The van der Waals surface area contributed by atoms with Crippen LogP contribution in [0, 0.1) is 0 Å². The monoisotopic (exact) mass is 316 g/mol. The topological polar surface area (TPSA) is 99.4 Å². The van der Waals surface area contributed by atoms with E-state index in [9.17, 15) is 0 Å². The van der Waals surface area contributed by atoms with E-state index < -0.39 is 82.0 Å². The zero-order valence-electron chi connectivity index (χ0n) is 34.0. The predicted molar refractivity (Wildman–Crippen MR) is 73.1 cm³/mol. The van der Waals surface area contributed by atoms with Gasteiger partial charge in [-0.05, 0) is 6.37 Å². The predicted octanol–water partition coefficient (Wildman–Crippen LogP) is 0.163. The molecule has 6 heteroatoms. The third-order valence-electron chi connectivity index (χ3n) is 1.69. The fourth-order valence-electron chi connectivity index (χ4n) is 0.887. The van der Waals surface area contributed by atoms with Gasteiger partial charge in [-0.2, -0.15) is 0 Å². The Morgan fingerprint density at radius 1 is 1.10 bits per heavy atom. The lowest BCUT2D eigenvalue weighted by molar-refractivity contribution is -0.301. The van der Waals surface area contributed by atoms with Crippen molar-refractivity contribution in [2.24, 2.45) is 0 Å². The first-order valence-corrected chi connectivity index (χ1v) is 5.00. The molecule has 0 aliphatic carbocycles. The fourth-order valence-corrected chi connectivity index (χ4v) is 0.887. The van der Waals surface area contributed by atoms with Crippen LogP contribution < -0.4 is 0 Å². The Hall–Kier alpha value is -0.240. The van der Waals surface area contributed by atoms with Gasteiger partial charge >= 0.3 is 0 Å². The van der Waals surface area contributed by atoms with Crippen molar-refractivity contribution in [3.63, 3.8) is 0 Å². The molecule has 1 aliphatic rings. The molecule has 4 N–H and O–H groups in total. The van der Waals surface area contributed by atoms with E-state index in [4.69, 9.17) is 33.1 Å². The molecule has 1 saturated heterocycles. The molecule has 6 atom stereocenters. The summed E-state index contributed by atoms with van der Waals surface area (Å²) in [6, 6.07) is 0. The van der Waals surface area contributed by atoms with Crippen LogP contribution >= 0.6 is 0 Å². The maximum absolute atomic E-state index is 8.42. The van der Waals surface area contributed by atoms with Gasteiger partial charge in [0, 0.05) is 21.6 Å². The van der Waals surface area contributed by atoms with E-state index in [1.165, 1.54) is 0 Å². The van der Waals surface area contributed by atoms with E-state index in [2.05, 4.69) is 29.9 Å². The highest BCUT2D eigenvalue weighted by atomic mass is 16.7. The number of hydrogen-bond acceptors (Lipinski definition) is 6. The highest BCUT2D eigenvalue weighted by Crippen LogP contribution is 2.22. The molecular formula is C14H28O6. The summed E-state index contributed by atoms with van der Waals surface area (Å²) in [7, 11) is 0. The van der Waals surface area contributed by atoms with Crippen LogP contribution in [0.5, 0.6) is 0 Å². The lowest BCUT2D eigenvalue weighted by Crippen LogP contribution is -2.59. The minimum Gasteiger partial charge on any atom is -0.394 e. The van der Waals surface area contributed by atoms with Crippen molar-refractivity contribution in [3.05, 3.63) is 0 Å². The van der Waals surface area contributed by atoms with Gasteiger partial charge < -0.3 is 29.9 Å². The molecule has 0 amide bonds.